The molecule has 2 aromatic heterocycles. The SMILES string of the molecule is COC(=O)c1cc2[nH]ncc2cn1. The van der Waals surface area contributed by atoms with Crippen LogP contribution >= 0.6 is 0 Å². The molecule has 66 valence electrons. The summed E-state index contributed by atoms with van der Waals surface area (Å²) >= 11 is 0. The molecular weight excluding hydrogens is 170 g/mol. The summed E-state index contributed by atoms with van der Waals surface area (Å²) in [5, 5.41) is 7.42. The molecular formula is C8H7N3O2. The summed E-state index contributed by atoms with van der Waals surface area (Å²) in [5.74, 6) is -0.448. The molecule has 0 fully saturated rings. The van der Waals surface area contributed by atoms with E-state index in [1.54, 1.807) is 18.5 Å². The van der Waals surface area contributed by atoms with Crippen molar-refractivity contribution < 1.29 is 9.53 Å². The lowest BCUT2D eigenvalue weighted by Crippen LogP contribution is -2.03. The maximum absolute atomic E-state index is 11.1. The molecule has 0 spiro atoms. The molecule has 2 heterocycles. The van der Waals surface area contributed by atoms with Gasteiger partial charge in [-0.25, -0.2) is 9.78 Å². The van der Waals surface area contributed by atoms with Crippen LogP contribution in [0.1, 0.15) is 10.5 Å². The van der Waals surface area contributed by atoms with Crippen molar-refractivity contribution in [1.82, 2.24) is 15.2 Å². The predicted molar refractivity (Wildman–Crippen MR) is 45.2 cm³/mol. The van der Waals surface area contributed by atoms with Crippen molar-refractivity contribution in [3.8, 4) is 0 Å². The molecule has 0 unspecified atom stereocenters. The monoisotopic (exact) mass is 177 g/mol. The van der Waals surface area contributed by atoms with Crippen LogP contribution in [-0.2, 0) is 4.74 Å². The van der Waals surface area contributed by atoms with Crippen LogP contribution in [0.25, 0.3) is 10.9 Å². The van der Waals surface area contributed by atoms with E-state index >= 15 is 0 Å². The molecule has 13 heavy (non-hydrogen) atoms. The number of hydrogen-bond acceptors (Lipinski definition) is 4. The van der Waals surface area contributed by atoms with E-state index in [1.807, 2.05) is 0 Å². The number of methoxy groups -OCH3 is 1. The highest BCUT2D eigenvalue weighted by atomic mass is 16.5. The zero-order valence-electron chi connectivity index (χ0n) is 6.94. The van der Waals surface area contributed by atoms with Crippen molar-refractivity contribution in [1.29, 1.82) is 0 Å². The third kappa shape index (κ3) is 1.24. The van der Waals surface area contributed by atoms with Gasteiger partial charge in [-0.1, -0.05) is 0 Å². The van der Waals surface area contributed by atoms with E-state index in [2.05, 4.69) is 19.9 Å². The molecule has 0 aliphatic carbocycles. The third-order valence-corrected chi connectivity index (χ3v) is 1.72. The average molecular weight is 177 g/mol. The minimum atomic E-state index is -0.448. The Kier molecular flexibility index (Phi) is 1.70. The molecule has 0 saturated heterocycles. The molecule has 0 saturated carbocycles. The molecule has 0 amide bonds. The van der Waals surface area contributed by atoms with Crippen molar-refractivity contribution >= 4 is 16.9 Å². The number of carbonyl (C=O) groups is 1. The largest absolute Gasteiger partial charge is 0.464 e. The first kappa shape index (κ1) is 7.72. The number of H-pyrrole nitrogens is 1. The molecule has 2 aromatic rings. The van der Waals surface area contributed by atoms with Gasteiger partial charge < -0.3 is 4.74 Å². The number of rotatable bonds is 1. The third-order valence-electron chi connectivity index (χ3n) is 1.72. The number of aromatic nitrogens is 3. The van der Waals surface area contributed by atoms with Gasteiger partial charge in [0, 0.05) is 11.6 Å². The van der Waals surface area contributed by atoms with Crippen LogP contribution in [0.3, 0.4) is 0 Å². The first-order valence-corrected chi connectivity index (χ1v) is 3.68. The van der Waals surface area contributed by atoms with Crippen LogP contribution in [0.2, 0.25) is 0 Å². The molecule has 0 aromatic carbocycles. The number of hydrogen-bond donors (Lipinski definition) is 1. The van der Waals surface area contributed by atoms with Crippen LogP contribution in [0.4, 0.5) is 0 Å². The van der Waals surface area contributed by atoms with Gasteiger partial charge in [0.15, 0.2) is 5.69 Å². The Morgan fingerprint density at radius 3 is 3.15 bits per heavy atom. The molecule has 1 N–H and O–H groups in total. The van der Waals surface area contributed by atoms with Crippen LogP contribution in [0.5, 0.6) is 0 Å². The van der Waals surface area contributed by atoms with Crippen LogP contribution in [-0.4, -0.2) is 28.3 Å². The Balaban J connectivity index is 2.54. The van der Waals surface area contributed by atoms with Gasteiger partial charge in [-0.2, -0.15) is 5.10 Å². The fourth-order valence-corrected chi connectivity index (χ4v) is 1.05. The molecule has 0 bridgehead atoms. The van der Waals surface area contributed by atoms with Gasteiger partial charge in [-0.15, -0.1) is 0 Å². The molecule has 5 heteroatoms. The van der Waals surface area contributed by atoms with Gasteiger partial charge in [-0.05, 0) is 6.07 Å². The Morgan fingerprint density at radius 2 is 2.38 bits per heavy atom. The minimum absolute atomic E-state index is 0.277. The van der Waals surface area contributed by atoms with Crippen molar-refractivity contribution in [2.45, 2.75) is 0 Å². The van der Waals surface area contributed by atoms with Gasteiger partial charge in [-0.3, -0.25) is 5.10 Å². The molecule has 0 aliphatic rings. The summed E-state index contributed by atoms with van der Waals surface area (Å²) in [4.78, 5) is 15.0. The highest BCUT2D eigenvalue weighted by Crippen LogP contribution is 2.10. The Morgan fingerprint density at radius 1 is 1.54 bits per heavy atom. The quantitative estimate of drug-likeness (QED) is 0.652. The van der Waals surface area contributed by atoms with Crippen LogP contribution in [0.15, 0.2) is 18.5 Å². The smallest absolute Gasteiger partial charge is 0.356 e. The van der Waals surface area contributed by atoms with Crippen molar-refractivity contribution in [3.63, 3.8) is 0 Å². The van der Waals surface area contributed by atoms with E-state index in [0.717, 1.165) is 10.9 Å². The minimum Gasteiger partial charge on any atom is -0.464 e. The number of esters is 1. The molecule has 2 rings (SSSR count). The summed E-state index contributed by atoms with van der Waals surface area (Å²) in [7, 11) is 1.32. The van der Waals surface area contributed by atoms with Gasteiger partial charge in [0.05, 0.1) is 18.8 Å². The fraction of sp³-hybridized carbons (Fsp3) is 0.125. The number of fused-ring (bicyclic) bond motifs is 1. The van der Waals surface area contributed by atoms with Crippen molar-refractivity contribution in [2.24, 2.45) is 0 Å². The number of pyridine rings is 1. The lowest BCUT2D eigenvalue weighted by molar-refractivity contribution is 0.0594. The summed E-state index contributed by atoms with van der Waals surface area (Å²) in [6, 6.07) is 1.61. The van der Waals surface area contributed by atoms with E-state index in [9.17, 15) is 4.79 Å². The maximum atomic E-state index is 11.1. The van der Waals surface area contributed by atoms with E-state index in [4.69, 9.17) is 0 Å². The second-order valence-corrected chi connectivity index (χ2v) is 2.52. The fourth-order valence-electron chi connectivity index (χ4n) is 1.05. The van der Waals surface area contributed by atoms with Crippen LogP contribution < -0.4 is 0 Å². The molecule has 0 atom stereocenters. The van der Waals surface area contributed by atoms with Gasteiger partial charge in [0.25, 0.3) is 0 Å². The summed E-state index contributed by atoms with van der Waals surface area (Å²) in [5.41, 5.74) is 1.05. The number of aromatic amines is 1. The van der Waals surface area contributed by atoms with Gasteiger partial charge in [0.1, 0.15) is 0 Å². The first-order valence-electron chi connectivity index (χ1n) is 3.68. The Labute approximate surface area is 73.7 Å². The molecule has 0 radical (unpaired) electrons. The van der Waals surface area contributed by atoms with E-state index in [0.29, 0.717) is 0 Å². The van der Waals surface area contributed by atoms with Crippen LogP contribution in [0, 0.1) is 0 Å². The highest BCUT2D eigenvalue weighted by molar-refractivity contribution is 5.91. The van der Waals surface area contributed by atoms with Crippen molar-refractivity contribution in [3.05, 3.63) is 24.2 Å². The molecule has 0 aliphatic heterocycles. The zero-order valence-corrected chi connectivity index (χ0v) is 6.94. The number of carbonyl (C=O) groups excluding carboxylic acids is 1. The summed E-state index contributed by atoms with van der Waals surface area (Å²) in [6.07, 6.45) is 3.22. The second-order valence-electron chi connectivity index (χ2n) is 2.52. The van der Waals surface area contributed by atoms with E-state index in [1.165, 1.54) is 7.11 Å². The lowest BCUT2D eigenvalue weighted by Gasteiger charge is -1.96. The number of ether oxygens (including phenoxy) is 1. The maximum Gasteiger partial charge on any atom is 0.356 e. The topological polar surface area (TPSA) is 67.9 Å². The summed E-state index contributed by atoms with van der Waals surface area (Å²) in [6.45, 7) is 0. The Bertz CT molecular complexity index is 449. The zero-order chi connectivity index (χ0) is 9.26. The predicted octanol–water partition coefficient (Wildman–Crippen LogP) is 0.744. The van der Waals surface area contributed by atoms with E-state index < -0.39 is 5.97 Å². The van der Waals surface area contributed by atoms with E-state index in [-0.39, 0.29) is 5.69 Å². The second kappa shape index (κ2) is 2.85. The number of nitrogens with zero attached hydrogens (tertiary/aromatic N) is 2. The summed E-state index contributed by atoms with van der Waals surface area (Å²) < 4.78 is 4.53. The van der Waals surface area contributed by atoms with Gasteiger partial charge >= 0.3 is 5.97 Å². The first-order chi connectivity index (χ1) is 6.31. The highest BCUT2D eigenvalue weighted by Gasteiger charge is 2.07. The standard InChI is InChI=1S/C8H7N3O2/c1-13-8(12)7-2-6-5(3-9-7)4-10-11-6/h2-4H,1H3,(H,10,11). The number of nitrogens with one attached hydrogen (secondary N) is 1. The Hall–Kier alpha value is -1.91. The molecule has 5 nitrogen and oxygen atoms in total. The lowest BCUT2D eigenvalue weighted by atomic mass is 10.3. The normalized spacial score (nSPS) is 10.2. The van der Waals surface area contributed by atoms with Gasteiger partial charge in [0.2, 0.25) is 0 Å². The average Bonchev–Trinajstić information content (AvgIpc) is 2.63. The van der Waals surface area contributed by atoms with Crippen molar-refractivity contribution in [2.75, 3.05) is 7.11 Å².